The van der Waals surface area contributed by atoms with E-state index in [1.165, 1.54) is 0 Å². The lowest BCUT2D eigenvalue weighted by atomic mass is 10.1. The molecule has 1 aliphatic heterocycles. The number of nitro groups is 1. The third kappa shape index (κ3) is 3.78. The lowest BCUT2D eigenvalue weighted by molar-refractivity contribution is -0.384. The van der Waals surface area contributed by atoms with E-state index >= 15 is 0 Å². The minimum Gasteiger partial charge on any atom is -0.362 e. The first-order chi connectivity index (χ1) is 13.1. The lowest BCUT2D eigenvalue weighted by Crippen LogP contribution is -2.49. The molecule has 1 saturated heterocycles. The van der Waals surface area contributed by atoms with Crippen LogP contribution >= 0.6 is 0 Å². The number of carbonyl (C=O) groups excluding carboxylic acids is 1. The van der Waals surface area contributed by atoms with E-state index < -0.39 is 22.4 Å². The molecule has 1 aromatic carbocycles. The Balaban J connectivity index is 1.76. The number of anilines is 1. The molecule has 8 nitrogen and oxygen atoms in total. The first-order valence-electron chi connectivity index (χ1n) is 8.48. The Bertz CT molecular complexity index is 898. The van der Waals surface area contributed by atoms with Crippen molar-refractivity contribution in [3.63, 3.8) is 0 Å². The molecule has 0 atom stereocenters. The maximum Gasteiger partial charge on any atom is 0.416 e. The molecule has 3 rings (SSSR count). The topological polar surface area (TPSA) is 84.5 Å². The van der Waals surface area contributed by atoms with Crippen LogP contribution in [0.25, 0.3) is 0 Å². The van der Waals surface area contributed by atoms with Crippen LogP contribution in [0.4, 0.5) is 24.5 Å². The lowest BCUT2D eigenvalue weighted by Gasteiger charge is -2.35. The summed E-state index contributed by atoms with van der Waals surface area (Å²) >= 11 is 0. The Hall–Kier alpha value is -3.11. The van der Waals surface area contributed by atoms with Gasteiger partial charge in [0, 0.05) is 45.0 Å². The summed E-state index contributed by atoms with van der Waals surface area (Å²) in [7, 11) is 1.73. The van der Waals surface area contributed by atoms with Gasteiger partial charge in [0.25, 0.3) is 11.6 Å². The Labute approximate surface area is 158 Å². The van der Waals surface area contributed by atoms with Gasteiger partial charge in [0.05, 0.1) is 10.5 Å². The number of amides is 1. The third-order valence-electron chi connectivity index (χ3n) is 4.74. The van der Waals surface area contributed by atoms with Crippen LogP contribution in [0, 0.1) is 17.0 Å². The maximum atomic E-state index is 12.8. The largest absolute Gasteiger partial charge is 0.416 e. The van der Waals surface area contributed by atoms with Crippen molar-refractivity contribution in [3.8, 4) is 0 Å². The van der Waals surface area contributed by atoms with Gasteiger partial charge < -0.3 is 9.80 Å². The molecule has 0 N–H and O–H groups in total. The van der Waals surface area contributed by atoms with Gasteiger partial charge in [-0.15, -0.1) is 0 Å². The predicted octanol–water partition coefficient (Wildman–Crippen LogP) is 2.62. The van der Waals surface area contributed by atoms with Crippen molar-refractivity contribution in [2.45, 2.75) is 13.1 Å². The Morgan fingerprint density at radius 2 is 1.82 bits per heavy atom. The van der Waals surface area contributed by atoms with E-state index in [2.05, 4.69) is 5.10 Å². The number of nitro benzene ring substituents is 1. The van der Waals surface area contributed by atoms with Crippen LogP contribution in [-0.2, 0) is 13.2 Å². The van der Waals surface area contributed by atoms with Gasteiger partial charge in [-0.25, -0.2) is 0 Å². The monoisotopic (exact) mass is 397 g/mol. The smallest absolute Gasteiger partial charge is 0.362 e. The number of aryl methyl sites for hydroxylation is 2. The van der Waals surface area contributed by atoms with Crippen molar-refractivity contribution in [2.24, 2.45) is 7.05 Å². The molecule has 0 spiro atoms. The van der Waals surface area contributed by atoms with Crippen molar-refractivity contribution in [2.75, 3.05) is 31.1 Å². The van der Waals surface area contributed by atoms with E-state index in [1.807, 2.05) is 6.92 Å². The van der Waals surface area contributed by atoms with Crippen LogP contribution in [0.3, 0.4) is 0 Å². The molecular formula is C17H18F3N5O3. The summed E-state index contributed by atoms with van der Waals surface area (Å²) < 4.78 is 40.1. The summed E-state index contributed by atoms with van der Waals surface area (Å²) in [6.45, 7) is 2.93. The van der Waals surface area contributed by atoms with E-state index in [0.29, 0.717) is 11.8 Å². The molecule has 1 aliphatic rings. The van der Waals surface area contributed by atoms with Gasteiger partial charge in [-0.2, -0.15) is 18.3 Å². The molecule has 1 aromatic heterocycles. The van der Waals surface area contributed by atoms with Gasteiger partial charge in [-0.3, -0.25) is 19.6 Å². The Morgan fingerprint density at radius 1 is 1.18 bits per heavy atom. The number of alkyl halides is 3. The van der Waals surface area contributed by atoms with Crippen molar-refractivity contribution in [1.82, 2.24) is 14.7 Å². The number of hydrogen-bond donors (Lipinski definition) is 0. The second-order valence-corrected chi connectivity index (χ2v) is 6.53. The highest BCUT2D eigenvalue weighted by Gasteiger charge is 2.34. The normalized spacial score (nSPS) is 15.0. The average molecular weight is 397 g/mol. The van der Waals surface area contributed by atoms with Crippen LogP contribution in [0.1, 0.15) is 21.7 Å². The molecular weight excluding hydrogens is 379 g/mol. The van der Waals surface area contributed by atoms with Crippen molar-refractivity contribution >= 4 is 17.3 Å². The zero-order valence-corrected chi connectivity index (χ0v) is 15.2. The molecule has 1 amide bonds. The fourth-order valence-corrected chi connectivity index (χ4v) is 3.09. The van der Waals surface area contributed by atoms with E-state index in [1.54, 1.807) is 27.6 Å². The van der Waals surface area contributed by atoms with Gasteiger partial charge in [0.2, 0.25) is 0 Å². The number of halogens is 3. The molecule has 11 heteroatoms. The second-order valence-electron chi connectivity index (χ2n) is 6.53. The van der Waals surface area contributed by atoms with E-state index in [0.717, 1.165) is 17.8 Å². The van der Waals surface area contributed by atoms with Crippen LogP contribution in [0.15, 0.2) is 24.3 Å². The average Bonchev–Trinajstić information content (AvgIpc) is 2.98. The SMILES string of the molecule is Cc1cc(C(=O)N2CCN(c3ccc(C(F)(F)F)cc3[N+](=O)[O-])CC2)nn1C. The van der Waals surface area contributed by atoms with Gasteiger partial charge in [-0.05, 0) is 25.1 Å². The molecule has 0 bridgehead atoms. The highest BCUT2D eigenvalue weighted by molar-refractivity contribution is 5.92. The standard InChI is InChI=1S/C17H18F3N5O3/c1-11-9-13(21-22(11)2)16(26)24-7-5-23(6-8-24)14-4-3-12(17(18,19)20)10-15(14)25(27)28/h3-4,9-10H,5-8H2,1-2H3. The molecule has 1 fully saturated rings. The van der Waals surface area contributed by atoms with Crippen molar-refractivity contribution in [1.29, 1.82) is 0 Å². The number of carbonyl (C=O) groups is 1. The van der Waals surface area contributed by atoms with Gasteiger partial charge in [-0.1, -0.05) is 0 Å². The zero-order chi connectivity index (χ0) is 20.6. The Morgan fingerprint density at radius 3 is 2.32 bits per heavy atom. The molecule has 28 heavy (non-hydrogen) atoms. The van der Waals surface area contributed by atoms with Crippen LogP contribution in [0.5, 0.6) is 0 Å². The predicted molar refractivity (Wildman–Crippen MR) is 94.2 cm³/mol. The molecule has 0 unspecified atom stereocenters. The number of nitrogens with zero attached hydrogens (tertiary/aromatic N) is 5. The fraction of sp³-hybridized carbons (Fsp3) is 0.412. The summed E-state index contributed by atoms with van der Waals surface area (Å²) in [5.41, 5.74) is -0.410. The second kappa shape index (κ2) is 7.13. The first-order valence-corrected chi connectivity index (χ1v) is 8.48. The number of piperazine rings is 1. The van der Waals surface area contributed by atoms with Crippen molar-refractivity contribution < 1.29 is 22.9 Å². The van der Waals surface area contributed by atoms with Crippen LogP contribution < -0.4 is 4.90 Å². The quantitative estimate of drug-likeness (QED) is 0.587. The summed E-state index contributed by atoms with van der Waals surface area (Å²) in [5.74, 6) is -0.245. The highest BCUT2D eigenvalue weighted by Crippen LogP contribution is 2.36. The molecule has 2 heterocycles. The minimum atomic E-state index is -4.66. The van der Waals surface area contributed by atoms with E-state index in [4.69, 9.17) is 0 Å². The van der Waals surface area contributed by atoms with Gasteiger partial charge >= 0.3 is 6.18 Å². The van der Waals surface area contributed by atoms with Crippen molar-refractivity contribution in [3.05, 3.63) is 51.3 Å². The summed E-state index contributed by atoms with van der Waals surface area (Å²) in [5, 5.41) is 15.4. The Kier molecular flexibility index (Phi) is 5.01. The third-order valence-corrected chi connectivity index (χ3v) is 4.74. The molecule has 0 saturated carbocycles. The van der Waals surface area contributed by atoms with E-state index in [9.17, 15) is 28.1 Å². The maximum absolute atomic E-state index is 12.8. The first kappa shape index (κ1) is 19.6. The summed E-state index contributed by atoms with van der Waals surface area (Å²) in [6, 6.07) is 4.16. The number of aromatic nitrogens is 2. The fourth-order valence-electron chi connectivity index (χ4n) is 3.09. The van der Waals surface area contributed by atoms with Crippen LogP contribution in [-0.4, -0.2) is 51.7 Å². The van der Waals surface area contributed by atoms with E-state index in [-0.39, 0.29) is 37.8 Å². The molecule has 150 valence electrons. The van der Waals surface area contributed by atoms with Gasteiger partial charge in [0.1, 0.15) is 5.69 Å². The molecule has 0 aliphatic carbocycles. The number of hydrogen-bond acceptors (Lipinski definition) is 5. The zero-order valence-electron chi connectivity index (χ0n) is 15.2. The molecule has 0 radical (unpaired) electrons. The number of rotatable bonds is 3. The minimum absolute atomic E-state index is 0.110. The molecule has 2 aromatic rings. The van der Waals surface area contributed by atoms with Gasteiger partial charge in [0.15, 0.2) is 5.69 Å². The highest BCUT2D eigenvalue weighted by atomic mass is 19.4. The summed E-state index contributed by atoms with van der Waals surface area (Å²) in [6.07, 6.45) is -4.66. The number of benzene rings is 1. The van der Waals surface area contributed by atoms with Crippen LogP contribution in [0.2, 0.25) is 0 Å². The summed E-state index contributed by atoms with van der Waals surface area (Å²) in [4.78, 5) is 26.2.